The van der Waals surface area contributed by atoms with E-state index in [-0.39, 0.29) is 12.4 Å². The van der Waals surface area contributed by atoms with Crippen LogP contribution in [0.25, 0.3) is 0 Å². The Morgan fingerprint density at radius 1 is 1.47 bits per heavy atom. The molecule has 4 heteroatoms. The number of rotatable bonds is 2. The van der Waals surface area contributed by atoms with Crippen molar-refractivity contribution in [3.63, 3.8) is 0 Å². The largest absolute Gasteiger partial charge is 0.426 e. The molecule has 0 unspecified atom stereocenters. The van der Waals surface area contributed by atoms with Crippen LogP contribution in [0.2, 0.25) is 0 Å². The van der Waals surface area contributed by atoms with Gasteiger partial charge in [-0.05, 0) is 44.5 Å². The number of esters is 1. The Kier molecular flexibility index (Phi) is 4.30. The maximum Gasteiger partial charge on any atom is 0.316 e. The standard InChI is InChI=1S/C13H14BrNO2/c1-13(2,3)12(16)17-10-4-5-11(14)9(8-10)6-7-15/h4-5,8H,6H2,1-3H3. The monoisotopic (exact) mass is 295 g/mol. The van der Waals surface area contributed by atoms with Crippen LogP contribution >= 0.6 is 15.9 Å². The molecule has 0 spiro atoms. The summed E-state index contributed by atoms with van der Waals surface area (Å²) in [6.07, 6.45) is 0.279. The second kappa shape index (κ2) is 5.33. The van der Waals surface area contributed by atoms with Gasteiger partial charge >= 0.3 is 5.97 Å². The molecule has 1 aromatic carbocycles. The van der Waals surface area contributed by atoms with Crippen LogP contribution in [0.5, 0.6) is 5.75 Å². The van der Waals surface area contributed by atoms with Crippen LogP contribution in [0.3, 0.4) is 0 Å². The van der Waals surface area contributed by atoms with E-state index in [0.717, 1.165) is 10.0 Å². The minimum atomic E-state index is -0.539. The van der Waals surface area contributed by atoms with Crippen LogP contribution in [-0.4, -0.2) is 5.97 Å². The highest BCUT2D eigenvalue weighted by molar-refractivity contribution is 9.10. The topological polar surface area (TPSA) is 50.1 Å². The average molecular weight is 296 g/mol. The van der Waals surface area contributed by atoms with Crippen molar-refractivity contribution in [2.75, 3.05) is 0 Å². The molecule has 1 aromatic rings. The van der Waals surface area contributed by atoms with E-state index in [0.29, 0.717) is 5.75 Å². The SMILES string of the molecule is CC(C)(C)C(=O)Oc1ccc(Br)c(CC#N)c1. The van der Waals surface area contributed by atoms with Gasteiger partial charge in [0.05, 0.1) is 17.9 Å². The molecule has 0 aliphatic rings. The number of halogens is 1. The molecule has 3 nitrogen and oxygen atoms in total. The zero-order chi connectivity index (χ0) is 13.1. The normalized spacial score (nSPS) is 10.8. The molecule has 0 amide bonds. The Morgan fingerprint density at radius 3 is 2.65 bits per heavy atom. The van der Waals surface area contributed by atoms with Crippen molar-refractivity contribution in [2.45, 2.75) is 27.2 Å². The summed E-state index contributed by atoms with van der Waals surface area (Å²) in [5.41, 5.74) is 0.273. The average Bonchev–Trinajstić information content (AvgIpc) is 2.22. The van der Waals surface area contributed by atoms with Crippen molar-refractivity contribution in [1.82, 2.24) is 0 Å². The lowest BCUT2D eigenvalue weighted by molar-refractivity contribution is -0.142. The summed E-state index contributed by atoms with van der Waals surface area (Å²) in [6, 6.07) is 7.25. The molecular formula is C13H14BrNO2. The highest BCUT2D eigenvalue weighted by Gasteiger charge is 2.23. The maximum atomic E-state index is 11.7. The van der Waals surface area contributed by atoms with Crippen molar-refractivity contribution < 1.29 is 9.53 Å². The highest BCUT2D eigenvalue weighted by atomic mass is 79.9. The molecule has 17 heavy (non-hydrogen) atoms. The number of benzene rings is 1. The van der Waals surface area contributed by atoms with Crippen LogP contribution in [-0.2, 0) is 11.2 Å². The predicted molar refractivity (Wildman–Crippen MR) is 68.5 cm³/mol. The van der Waals surface area contributed by atoms with Gasteiger partial charge in [0.25, 0.3) is 0 Å². The first kappa shape index (κ1) is 13.7. The molecule has 0 radical (unpaired) electrons. The quantitative estimate of drug-likeness (QED) is 0.620. The zero-order valence-electron chi connectivity index (χ0n) is 10.1. The lowest BCUT2D eigenvalue weighted by Crippen LogP contribution is -2.25. The first-order chi connectivity index (χ1) is 7.84. The molecule has 0 saturated heterocycles. The number of carbonyl (C=O) groups is 1. The summed E-state index contributed by atoms with van der Waals surface area (Å²) in [7, 11) is 0. The number of carbonyl (C=O) groups excluding carboxylic acids is 1. The van der Waals surface area contributed by atoms with E-state index in [2.05, 4.69) is 22.0 Å². The van der Waals surface area contributed by atoms with E-state index in [1.807, 2.05) is 0 Å². The molecular weight excluding hydrogens is 282 g/mol. The van der Waals surface area contributed by atoms with Gasteiger partial charge in [0, 0.05) is 4.47 Å². The van der Waals surface area contributed by atoms with Crippen LogP contribution in [0.4, 0.5) is 0 Å². The fourth-order valence-corrected chi connectivity index (χ4v) is 1.48. The number of hydrogen-bond donors (Lipinski definition) is 0. The summed E-state index contributed by atoms with van der Waals surface area (Å²) in [5, 5.41) is 8.67. The van der Waals surface area contributed by atoms with Crippen molar-refractivity contribution >= 4 is 21.9 Å². The van der Waals surface area contributed by atoms with E-state index in [4.69, 9.17) is 10.00 Å². The number of nitriles is 1. The third kappa shape index (κ3) is 3.86. The third-order valence-corrected chi connectivity index (χ3v) is 2.88. The Balaban J connectivity index is 2.91. The Labute approximate surface area is 110 Å². The smallest absolute Gasteiger partial charge is 0.316 e. The molecule has 0 N–H and O–H groups in total. The van der Waals surface area contributed by atoms with E-state index in [1.54, 1.807) is 39.0 Å². The lowest BCUT2D eigenvalue weighted by Gasteiger charge is -2.16. The van der Waals surface area contributed by atoms with Crippen molar-refractivity contribution in [2.24, 2.45) is 5.41 Å². The molecule has 0 heterocycles. The lowest BCUT2D eigenvalue weighted by atomic mass is 9.97. The first-order valence-electron chi connectivity index (χ1n) is 5.22. The summed E-state index contributed by atoms with van der Waals surface area (Å²) in [5.74, 6) is 0.182. The van der Waals surface area contributed by atoms with E-state index < -0.39 is 5.41 Å². The van der Waals surface area contributed by atoms with Crippen LogP contribution in [0.15, 0.2) is 22.7 Å². The fourth-order valence-electron chi connectivity index (χ4n) is 1.10. The molecule has 0 bridgehead atoms. The molecule has 0 aliphatic heterocycles. The van der Waals surface area contributed by atoms with Crippen LogP contribution in [0, 0.1) is 16.7 Å². The van der Waals surface area contributed by atoms with Gasteiger partial charge in [0.2, 0.25) is 0 Å². The molecule has 0 aromatic heterocycles. The summed E-state index contributed by atoms with van der Waals surface area (Å²) < 4.78 is 6.09. The van der Waals surface area contributed by atoms with Gasteiger partial charge in [-0.15, -0.1) is 0 Å². The Hall–Kier alpha value is -1.34. The van der Waals surface area contributed by atoms with Crippen LogP contribution in [0.1, 0.15) is 26.3 Å². The van der Waals surface area contributed by atoms with Gasteiger partial charge in [-0.25, -0.2) is 0 Å². The highest BCUT2D eigenvalue weighted by Crippen LogP contribution is 2.25. The van der Waals surface area contributed by atoms with Gasteiger partial charge in [-0.2, -0.15) is 5.26 Å². The maximum absolute atomic E-state index is 11.7. The molecule has 0 atom stereocenters. The number of hydrogen-bond acceptors (Lipinski definition) is 3. The summed E-state index contributed by atoms with van der Waals surface area (Å²) >= 11 is 3.35. The minimum absolute atomic E-state index is 0.279. The first-order valence-corrected chi connectivity index (χ1v) is 6.01. The van der Waals surface area contributed by atoms with Crippen molar-refractivity contribution in [1.29, 1.82) is 5.26 Å². The van der Waals surface area contributed by atoms with E-state index >= 15 is 0 Å². The summed E-state index contributed by atoms with van der Waals surface area (Å²) in [4.78, 5) is 11.7. The van der Waals surface area contributed by atoms with Gasteiger partial charge in [0.1, 0.15) is 5.75 Å². The van der Waals surface area contributed by atoms with Gasteiger partial charge in [-0.1, -0.05) is 15.9 Å². The van der Waals surface area contributed by atoms with Gasteiger partial charge < -0.3 is 4.74 Å². The number of nitrogens with zero attached hydrogens (tertiary/aromatic N) is 1. The van der Waals surface area contributed by atoms with Crippen molar-refractivity contribution in [3.8, 4) is 11.8 Å². The Bertz CT molecular complexity index is 469. The predicted octanol–water partition coefficient (Wildman–Crippen LogP) is 3.47. The molecule has 1 rings (SSSR count). The fraction of sp³-hybridized carbons (Fsp3) is 0.385. The minimum Gasteiger partial charge on any atom is -0.426 e. The third-order valence-electron chi connectivity index (χ3n) is 2.11. The van der Waals surface area contributed by atoms with Gasteiger partial charge in [-0.3, -0.25) is 4.79 Å². The molecule has 0 aliphatic carbocycles. The molecule has 0 fully saturated rings. The molecule has 0 saturated carbocycles. The van der Waals surface area contributed by atoms with Crippen molar-refractivity contribution in [3.05, 3.63) is 28.2 Å². The zero-order valence-corrected chi connectivity index (χ0v) is 11.7. The second-order valence-electron chi connectivity index (χ2n) is 4.73. The molecule has 90 valence electrons. The van der Waals surface area contributed by atoms with Crippen LogP contribution < -0.4 is 4.74 Å². The Morgan fingerprint density at radius 2 is 2.12 bits per heavy atom. The van der Waals surface area contributed by atoms with Gasteiger partial charge in [0.15, 0.2) is 0 Å². The number of ether oxygens (including phenoxy) is 1. The summed E-state index contributed by atoms with van der Waals surface area (Å²) in [6.45, 7) is 5.39. The van der Waals surface area contributed by atoms with E-state index in [1.165, 1.54) is 0 Å². The second-order valence-corrected chi connectivity index (χ2v) is 5.58. The van der Waals surface area contributed by atoms with E-state index in [9.17, 15) is 4.79 Å².